The Hall–Kier alpha value is -0.200. The molecular formula is C7H15NO4. The third-order valence-electron chi connectivity index (χ3n) is 2.45. The molecule has 5 nitrogen and oxygen atoms in total. The SMILES string of the molecule is N[C@@H]1[C@H](O)[C@@H](O)[C@H](CO)C[C@@H]1O. The molecule has 0 bridgehead atoms. The van der Waals surface area contributed by atoms with Gasteiger partial charge in [0.1, 0.15) is 0 Å². The molecule has 5 heteroatoms. The Morgan fingerprint density at radius 3 is 2.25 bits per heavy atom. The predicted molar refractivity (Wildman–Crippen MR) is 41.2 cm³/mol. The maximum Gasteiger partial charge on any atom is 0.0978 e. The molecule has 0 aromatic heterocycles. The summed E-state index contributed by atoms with van der Waals surface area (Å²) in [6.07, 6.45) is -2.80. The molecule has 12 heavy (non-hydrogen) atoms. The van der Waals surface area contributed by atoms with E-state index in [2.05, 4.69) is 0 Å². The van der Waals surface area contributed by atoms with E-state index in [4.69, 9.17) is 10.8 Å². The zero-order chi connectivity index (χ0) is 9.30. The minimum Gasteiger partial charge on any atom is -0.396 e. The lowest BCUT2D eigenvalue weighted by Gasteiger charge is -2.38. The molecule has 0 aromatic rings. The quantitative estimate of drug-likeness (QED) is 0.302. The van der Waals surface area contributed by atoms with E-state index in [9.17, 15) is 15.3 Å². The van der Waals surface area contributed by atoms with E-state index in [1.54, 1.807) is 0 Å². The van der Waals surface area contributed by atoms with Crippen LogP contribution in [0.4, 0.5) is 0 Å². The standard InChI is InChI=1S/C7H15NO4/c8-5-4(10)1-3(2-9)6(11)7(5)12/h3-7,9-12H,1-2,8H2/t3-,4-,5-,6-,7-/m0/s1. The maximum absolute atomic E-state index is 9.32. The normalized spacial score (nSPS) is 49.2. The molecule has 72 valence electrons. The van der Waals surface area contributed by atoms with Crippen molar-refractivity contribution in [2.24, 2.45) is 11.7 Å². The molecule has 0 heterocycles. The molecule has 0 amide bonds. The number of hydrogen-bond acceptors (Lipinski definition) is 5. The smallest absolute Gasteiger partial charge is 0.0978 e. The zero-order valence-electron chi connectivity index (χ0n) is 6.67. The van der Waals surface area contributed by atoms with Crippen molar-refractivity contribution in [3.63, 3.8) is 0 Å². The second kappa shape index (κ2) is 3.68. The van der Waals surface area contributed by atoms with Gasteiger partial charge in [0, 0.05) is 12.5 Å². The maximum atomic E-state index is 9.32. The monoisotopic (exact) mass is 177 g/mol. The molecule has 0 radical (unpaired) electrons. The van der Waals surface area contributed by atoms with Gasteiger partial charge in [0.15, 0.2) is 0 Å². The van der Waals surface area contributed by atoms with Crippen molar-refractivity contribution in [3.05, 3.63) is 0 Å². The predicted octanol–water partition coefficient (Wildman–Crippen LogP) is -2.59. The number of hydrogen-bond donors (Lipinski definition) is 5. The van der Waals surface area contributed by atoms with E-state index >= 15 is 0 Å². The molecule has 0 spiro atoms. The zero-order valence-corrected chi connectivity index (χ0v) is 6.67. The first-order chi connectivity index (χ1) is 5.57. The van der Waals surface area contributed by atoms with Gasteiger partial charge in [-0.3, -0.25) is 0 Å². The van der Waals surface area contributed by atoms with Crippen LogP contribution in [-0.2, 0) is 0 Å². The molecule has 0 aliphatic heterocycles. The van der Waals surface area contributed by atoms with Gasteiger partial charge in [-0.2, -0.15) is 0 Å². The molecule has 1 aliphatic carbocycles. The molecule has 6 N–H and O–H groups in total. The van der Waals surface area contributed by atoms with Crippen LogP contribution in [0.5, 0.6) is 0 Å². The summed E-state index contributed by atoms with van der Waals surface area (Å²) < 4.78 is 0. The Morgan fingerprint density at radius 1 is 1.17 bits per heavy atom. The van der Waals surface area contributed by atoms with Crippen LogP contribution in [0.1, 0.15) is 6.42 Å². The Morgan fingerprint density at radius 2 is 1.75 bits per heavy atom. The van der Waals surface area contributed by atoms with E-state index < -0.39 is 30.3 Å². The van der Waals surface area contributed by atoms with Crippen LogP contribution >= 0.6 is 0 Å². The Balaban J connectivity index is 2.63. The lowest BCUT2D eigenvalue weighted by molar-refractivity contribution is -0.106. The van der Waals surface area contributed by atoms with Crippen molar-refractivity contribution in [1.82, 2.24) is 0 Å². The van der Waals surface area contributed by atoms with Crippen LogP contribution in [0.3, 0.4) is 0 Å². The van der Waals surface area contributed by atoms with Gasteiger partial charge in [0.2, 0.25) is 0 Å². The lowest BCUT2D eigenvalue weighted by Crippen LogP contribution is -2.58. The first-order valence-corrected chi connectivity index (χ1v) is 3.98. The summed E-state index contributed by atoms with van der Waals surface area (Å²) in [4.78, 5) is 0. The fourth-order valence-electron chi connectivity index (χ4n) is 1.52. The highest BCUT2D eigenvalue weighted by Crippen LogP contribution is 2.24. The van der Waals surface area contributed by atoms with E-state index in [0.29, 0.717) is 0 Å². The molecule has 1 rings (SSSR count). The van der Waals surface area contributed by atoms with E-state index in [1.165, 1.54) is 0 Å². The number of nitrogens with two attached hydrogens (primary N) is 1. The highest BCUT2D eigenvalue weighted by atomic mass is 16.3. The Labute approximate surface area is 70.4 Å². The largest absolute Gasteiger partial charge is 0.396 e. The summed E-state index contributed by atoms with van der Waals surface area (Å²) in [6, 6.07) is -0.817. The Kier molecular flexibility index (Phi) is 3.03. The van der Waals surface area contributed by atoms with Crippen LogP contribution in [0, 0.1) is 5.92 Å². The van der Waals surface area contributed by atoms with Crippen LogP contribution in [-0.4, -0.2) is 51.4 Å². The second-order valence-corrected chi connectivity index (χ2v) is 3.30. The van der Waals surface area contributed by atoms with Gasteiger partial charge in [-0.15, -0.1) is 0 Å². The van der Waals surface area contributed by atoms with E-state index in [1.807, 2.05) is 0 Å². The summed E-state index contributed by atoms with van der Waals surface area (Å²) in [5, 5.41) is 36.6. The Bertz CT molecular complexity index is 150. The summed E-state index contributed by atoms with van der Waals surface area (Å²) in [5.74, 6) is -0.477. The third kappa shape index (κ3) is 1.60. The fourth-order valence-corrected chi connectivity index (χ4v) is 1.52. The first-order valence-electron chi connectivity index (χ1n) is 3.98. The molecule has 0 unspecified atom stereocenters. The highest BCUT2D eigenvalue weighted by Gasteiger charge is 2.40. The van der Waals surface area contributed by atoms with E-state index in [0.717, 1.165) is 0 Å². The van der Waals surface area contributed by atoms with Crippen molar-refractivity contribution in [2.45, 2.75) is 30.8 Å². The lowest BCUT2D eigenvalue weighted by atomic mass is 9.80. The van der Waals surface area contributed by atoms with Crippen molar-refractivity contribution >= 4 is 0 Å². The van der Waals surface area contributed by atoms with Crippen molar-refractivity contribution in [2.75, 3.05) is 6.61 Å². The number of aliphatic hydroxyl groups excluding tert-OH is 4. The molecule has 0 saturated heterocycles. The third-order valence-corrected chi connectivity index (χ3v) is 2.45. The van der Waals surface area contributed by atoms with Crippen LogP contribution in [0.15, 0.2) is 0 Å². The molecule has 1 aliphatic rings. The minimum absolute atomic E-state index is 0.232. The summed E-state index contributed by atoms with van der Waals surface area (Å²) >= 11 is 0. The molecule has 5 atom stereocenters. The number of rotatable bonds is 1. The van der Waals surface area contributed by atoms with Gasteiger partial charge in [-0.1, -0.05) is 0 Å². The van der Waals surface area contributed by atoms with Gasteiger partial charge < -0.3 is 26.2 Å². The van der Waals surface area contributed by atoms with Gasteiger partial charge in [0.05, 0.1) is 24.4 Å². The van der Waals surface area contributed by atoms with Crippen molar-refractivity contribution in [3.8, 4) is 0 Å². The topological polar surface area (TPSA) is 107 Å². The molecular weight excluding hydrogens is 162 g/mol. The van der Waals surface area contributed by atoms with Crippen molar-refractivity contribution in [1.29, 1.82) is 0 Å². The van der Waals surface area contributed by atoms with Crippen LogP contribution in [0.2, 0.25) is 0 Å². The minimum atomic E-state index is -1.15. The highest BCUT2D eigenvalue weighted by molar-refractivity contribution is 4.94. The summed E-state index contributed by atoms with van der Waals surface area (Å²) in [5.41, 5.74) is 5.39. The van der Waals surface area contributed by atoms with Gasteiger partial charge in [-0.05, 0) is 6.42 Å². The summed E-state index contributed by atoms with van der Waals surface area (Å²) in [7, 11) is 0. The van der Waals surface area contributed by atoms with Gasteiger partial charge >= 0.3 is 0 Å². The van der Waals surface area contributed by atoms with Gasteiger partial charge in [0.25, 0.3) is 0 Å². The number of aliphatic hydroxyl groups is 4. The average molecular weight is 177 g/mol. The van der Waals surface area contributed by atoms with Crippen LogP contribution < -0.4 is 5.73 Å². The van der Waals surface area contributed by atoms with Crippen LogP contribution in [0.25, 0.3) is 0 Å². The molecule has 1 fully saturated rings. The van der Waals surface area contributed by atoms with Gasteiger partial charge in [-0.25, -0.2) is 0 Å². The molecule has 1 saturated carbocycles. The first kappa shape index (κ1) is 9.88. The van der Waals surface area contributed by atoms with E-state index in [-0.39, 0.29) is 13.0 Å². The summed E-state index contributed by atoms with van der Waals surface area (Å²) in [6.45, 7) is -0.248. The second-order valence-electron chi connectivity index (χ2n) is 3.30. The molecule has 0 aromatic carbocycles. The van der Waals surface area contributed by atoms with Crippen molar-refractivity contribution < 1.29 is 20.4 Å². The average Bonchev–Trinajstić information content (AvgIpc) is 2.08. The fraction of sp³-hybridized carbons (Fsp3) is 1.00.